The molecule has 156 valence electrons. The van der Waals surface area contributed by atoms with Crippen molar-refractivity contribution >= 4 is 31.4 Å². The highest BCUT2D eigenvalue weighted by Gasteiger charge is 2.44. The Hall–Kier alpha value is -1.02. The molecule has 4 rings (SSSR count). The third-order valence-corrected chi connectivity index (χ3v) is 6.79. The standard InChI is InChI=1S/C16H20ClFN2O.C5H3ClFP/c1-16(8-21-9-16)5-14-11(6-19)12(7-20-14)10-3-2-4-13(17)15(10)18;6-4-1-2-8-5(7)3-4/h2-3,11-14,20H,4-5,7-9H2,1H3;1-3H. The third kappa shape index (κ3) is 5.57. The first-order valence-electron chi connectivity index (χ1n) is 9.51. The van der Waals surface area contributed by atoms with Crippen molar-refractivity contribution in [2.75, 3.05) is 19.8 Å². The number of nitriles is 1. The lowest BCUT2D eigenvalue weighted by Gasteiger charge is -2.40. The van der Waals surface area contributed by atoms with E-state index < -0.39 is 5.38 Å². The van der Waals surface area contributed by atoms with Crippen LogP contribution in [0.1, 0.15) is 19.8 Å². The van der Waals surface area contributed by atoms with Gasteiger partial charge in [0.15, 0.2) is 5.55 Å². The number of allylic oxidation sites excluding steroid dienone is 3. The van der Waals surface area contributed by atoms with Crippen LogP contribution in [-0.4, -0.2) is 31.2 Å². The summed E-state index contributed by atoms with van der Waals surface area (Å²) in [6.07, 6.45) is 5.12. The summed E-state index contributed by atoms with van der Waals surface area (Å²) in [7, 11) is 0.600. The van der Waals surface area contributed by atoms with Gasteiger partial charge in [-0.05, 0) is 44.5 Å². The molecule has 0 amide bonds. The molecule has 2 aliphatic heterocycles. The zero-order valence-corrected chi connectivity index (χ0v) is 18.5. The van der Waals surface area contributed by atoms with Gasteiger partial charge in [-0.3, -0.25) is 0 Å². The first-order valence-corrected chi connectivity index (χ1v) is 11.3. The summed E-state index contributed by atoms with van der Waals surface area (Å²) in [5, 5.41) is 12.8. The van der Waals surface area contributed by atoms with Gasteiger partial charge in [0.05, 0.1) is 30.6 Å². The first-order chi connectivity index (χ1) is 13.8. The van der Waals surface area contributed by atoms with Crippen LogP contribution in [0.5, 0.6) is 0 Å². The summed E-state index contributed by atoms with van der Waals surface area (Å²) < 4.78 is 31.7. The molecule has 3 nitrogen and oxygen atoms in total. The average Bonchev–Trinajstić information content (AvgIpc) is 3.05. The van der Waals surface area contributed by atoms with Crippen molar-refractivity contribution in [2.45, 2.75) is 31.2 Å². The van der Waals surface area contributed by atoms with E-state index in [0.717, 1.165) is 19.6 Å². The lowest BCUT2D eigenvalue weighted by atomic mass is 9.76. The Kier molecular flexibility index (Phi) is 7.70. The minimum absolute atomic E-state index is 0.0957. The van der Waals surface area contributed by atoms with E-state index in [9.17, 15) is 14.0 Å². The van der Waals surface area contributed by atoms with E-state index in [1.54, 1.807) is 17.9 Å². The minimum Gasteiger partial charge on any atom is -0.380 e. The molecule has 0 saturated carbocycles. The smallest absolute Gasteiger partial charge is 0.150 e. The highest BCUT2D eigenvalue weighted by molar-refractivity contribution is 7.28. The molecule has 8 heteroatoms. The predicted octanol–water partition coefficient (Wildman–Crippen LogP) is 5.99. The Bertz CT molecular complexity index is 821. The van der Waals surface area contributed by atoms with E-state index >= 15 is 0 Å². The summed E-state index contributed by atoms with van der Waals surface area (Å²) in [4.78, 5) is 0. The summed E-state index contributed by atoms with van der Waals surface area (Å²) in [5.74, 6) is 1.08. The van der Waals surface area contributed by atoms with Crippen LogP contribution in [0, 0.1) is 34.1 Å². The molecule has 1 aliphatic carbocycles. The zero-order valence-electron chi connectivity index (χ0n) is 16.0. The molecule has 0 spiro atoms. The van der Waals surface area contributed by atoms with Crippen molar-refractivity contribution in [3.8, 4) is 6.07 Å². The molecule has 1 N–H and O–H groups in total. The molecule has 0 bridgehead atoms. The van der Waals surface area contributed by atoms with Gasteiger partial charge in [-0.15, -0.1) is 11.6 Å². The predicted molar refractivity (Wildman–Crippen MR) is 113 cm³/mol. The quantitative estimate of drug-likeness (QED) is 0.565. The molecule has 2 saturated heterocycles. The summed E-state index contributed by atoms with van der Waals surface area (Å²) in [5.41, 5.74) is 0.557. The van der Waals surface area contributed by atoms with Gasteiger partial charge in [-0.25, -0.2) is 8.78 Å². The van der Waals surface area contributed by atoms with Crippen molar-refractivity contribution in [1.82, 2.24) is 5.32 Å². The van der Waals surface area contributed by atoms with Crippen LogP contribution in [0.3, 0.4) is 0 Å². The van der Waals surface area contributed by atoms with Crippen molar-refractivity contribution in [1.29, 1.82) is 5.26 Å². The maximum Gasteiger partial charge on any atom is 0.150 e. The van der Waals surface area contributed by atoms with E-state index in [1.807, 2.05) is 6.08 Å². The van der Waals surface area contributed by atoms with Crippen LogP contribution in [0.4, 0.5) is 8.78 Å². The van der Waals surface area contributed by atoms with E-state index in [0.29, 0.717) is 31.8 Å². The van der Waals surface area contributed by atoms with Crippen molar-refractivity contribution in [2.24, 2.45) is 17.3 Å². The SMILES string of the molecule is CC1(CC2NCC(C3=C(F)C(Cl)CC=C3)C2C#N)COC1.Fc1cc(Cl)ccp1. The van der Waals surface area contributed by atoms with Crippen LogP contribution in [-0.2, 0) is 4.74 Å². The Labute approximate surface area is 181 Å². The number of nitrogens with one attached hydrogen (secondary N) is 1. The third-order valence-electron chi connectivity index (χ3n) is 5.51. The van der Waals surface area contributed by atoms with Gasteiger partial charge in [0.25, 0.3) is 0 Å². The molecule has 3 heterocycles. The second kappa shape index (κ2) is 9.86. The number of hydrogen-bond acceptors (Lipinski definition) is 3. The van der Waals surface area contributed by atoms with Crippen molar-refractivity contribution in [3.63, 3.8) is 0 Å². The van der Waals surface area contributed by atoms with Gasteiger partial charge < -0.3 is 10.1 Å². The number of hydrogen-bond donors (Lipinski definition) is 1. The maximum atomic E-state index is 14.3. The van der Waals surface area contributed by atoms with Crippen LogP contribution in [0.15, 0.2) is 41.5 Å². The highest BCUT2D eigenvalue weighted by atomic mass is 35.5. The molecule has 1 aromatic heterocycles. The van der Waals surface area contributed by atoms with E-state index in [1.165, 1.54) is 6.07 Å². The fraction of sp³-hybridized carbons (Fsp3) is 0.524. The highest BCUT2D eigenvalue weighted by Crippen LogP contribution is 2.41. The second-order valence-corrected chi connectivity index (χ2v) is 9.94. The summed E-state index contributed by atoms with van der Waals surface area (Å²) >= 11 is 11.4. The number of alkyl halides is 1. The molecule has 0 aromatic carbocycles. The second-order valence-electron chi connectivity index (χ2n) is 7.99. The van der Waals surface area contributed by atoms with Gasteiger partial charge in [-0.2, -0.15) is 5.26 Å². The Morgan fingerprint density at radius 1 is 1.41 bits per heavy atom. The molecule has 4 atom stereocenters. The van der Waals surface area contributed by atoms with E-state index in [-0.39, 0.29) is 34.7 Å². The van der Waals surface area contributed by atoms with Gasteiger partial charge in [0, 0.05) is 28.9 Å². The fourth-order valence-electron chi connectivity index (χ4n) is 3.95. The van der Waals surface area contributed by atoms with Crippen molar-refractivity contribution < 1.29 is 13.5 Å². The number of halogens is 4. The summed E-state index contributed by atoms with van der Waals surface area (Å²) in [6, 6.07) is 5.46. The monoisotopic (exact) mass is 458 g/mol. The Morgan fingerprint density at radius 2 is 2.17 bits per heavy atom. The zero-order chi connectivity index (χ0) is 21.0. The van der Waals surface area contributed by atoms with Crippen LogP contribution in [0.25, 0.3) is 0 Å². The molecule has 0 radical (unpaired) electrons. The molecule has 4 unspecified atom stereocenters. The van der Waals surface area contributed by atoms with E-state index in [2.05, 4.69) is 18.3 Å². The number of ether oxygens (including phenoxy) is 1. The van der Waals surface area contributed by atoms with Crippen LogP contribution < -0.4 is 5.32 Å². The van der Waals surface area contributed by atoms with E-state index in [4.69, 9.17) is 27.9 Å². The molecule has 1 aromatic rings. The van der Waals surface area contributed by atoms with Gasteiger partial charge in [0.1, 0.15) is 5.83 Å². The first kappa shape index (κ1) is 22.7. The summed E-state index contributed by atoms with van der Waals surface area (Å²) in [6.45, 7) is 4.30. The molecule has 2 fully saturated rings. The lowest BCUT2D eigenvalue weighted by Crippen LogP contribution is -2.45. The molecule has 29 heavy (non-hydrogen) atoms. The van der Waals surface area contributed by atoms with Crippen molar-refractivity contribution in [3.05, 3.63) is 52.1 Å². The minimum atomic E-state index is -0.582. The normalized spacial score (nSPS) is 30.5. The van der Waals surface area contributed by atoms with Gasteiger partial charge in [0.2, 0.25) is 0 Å². The molecular formula is C21H23Cl2F2N2OP. The lowest BCUT2D eigenvalue weighted by molar-refractivity contribution is -0.110. The Morgan fingerprint density at radius 3 is 2.72 bits per heavy atom. The molecule has 3 aliphatic rings. The Balaban J connectivity index is 0.000000252. The van der Waals surface area contributed by atoms with Crippen LogP contribution >= 0.6 is 31.4 Å². The topological polar surface area (TPSA) is 45.0 Å². The fourth-order valence-corrected chi connectivity index (χ4v) is 5.10. The van der Waals surface area contributed by atoms with Gasteiger partial charge in [-0.1, -0.05) is 30.7 Å². The van der Waals surface area contributed by atoms with Gasteiger partial charge >= 0.3 is 0 Å². The average molecular weight is 459 g/mol. The number of rotatable bonds is 3. The van der Waals surface area contributed by atoms with Crippen LogP contribution in [0.2, 0.25) is 5.02 Å². The largest absolute Gasteiger partial charge is 0.380 e. The number of nitrogens with zero attached hydrogens (tertiary/aromatic N) is 1. The molecular weight excluding hydrogens is 436 g/mol. The maximum absolute atomic E-state index is 14.3.